The summed E-state index contributed by atoms with van der Waals surface area (Å²) >= 11 is 5.61. The monoisotopic (exact) mass is 171 g/mol. The number of aromatic nitrogens is 1. The van der Waals surface area contributed by atoms with E-state index in [2.05, 4.69) is 4.98 Å². The van der Waals surface area contributed by atoms with Crippen LogP contribution < -0.4 is 0 Å². The first-order chi connectivity index (χ1) is 5.27. The third-order valence-electron chi connectivity index (χ3n) is 1.87. The minimum atomic E-state index is -0.225. The molecule has 0 radical (unpaired) electrons. The highest BCUT2D eigenvalue weighted by molar-refractivity contribution is 6.29. The summed E-state index contributed by atoms with van der Waals surface area (Å²) in [6.07, 6.45) is 3.35. The summed E-state index contributed by atoms with van der Waals surface area (Å²) in [7, 11) is 0. The van der Waals surface area contributed by atoms with Crippen LogP contribution in [0.15, 0.2) is 12.3 Å². The summed E-state index contributed by atoms with van der Waals surface area (Å²) in [6, 6.07) is 1.62. The molecule has 0 unspecified atom stereocenters. The first kappa shape index (κ1) is 7.04. The lowest BCUT2D eigenvalue weighted by molar-refractivity contribution is 0.604. The van der Waals surface area contributed by atoms with Crippen molar-refractivity contribution in [1.29, 1.82) is 0 Å². The van der Waals surface area contributed by atoms with E-state index in [0.717, 1.165) is 18.4 Å². The minimum absolute atomic E-state index is 0.225. The molecule has 0 amide bonds. The predicted molar refractivity (Wildman–Crippen MR) is 41.2 cm³/mol. The van der Waals surface area contributed by atoms with Gasteiger partial charge in [-0.15, -0.1) is 0 Å². The van der Waals surface area contributed by atoms with Crippen molar-refractivity contribution in [2.75, 3.05) is 0 Å². The molecule has 11 heavy (non-hydrogen) atoms. The van der Waals surface area contributed by atoms with Crippen molar-refractivity contribution in [2.24, 2.45) is 0 Å². The molecular formula is C8H7ClFN. The Morgan fingerprint density at radius 2 is 2.27 bits per heavy atom. The lowest BCUT2D eigenvalue weighted by atomic mass is 10.2. The number of pyridine rings is 1. The van der Waals surface area contributed by atoms with Crippen LogP contribution in [0.25, 0.3) is 0 Å². The number of hydrogen-bond donors (Lipinski definition) is 0. The van der Waals surface area contributed by atoms with Crippen molar-refractivity contribution < 1.29 is 4.39 Å². The van der Waals surface area contributed by atoms with Crippen LogP contribution in [0.5, 0.6) is 0 Å². The minimum Gasteiger partial charge on any atom is -0.242 e. The van der Waals surface area contributed by atoms with E-state index in [9.17, 15) is 4.39 Å². The molecule has 1 aliphatic rings. The molecule has 0 N–H and O–H groups in total. The third kappa shape index (κ3) is 1.36. The molecule has 1 nitrogen and oxygen atoms in total. The van der Waals surface area contributed by atoms with Crippen LogP contribution in [0.3, 0.4) is 0 Å². The maximum absolute atomic E-state index is 12.9. The van der Waals surface area contributed by atoms with Gasteiger partial charge in [-0.1, -0.05) is 11.6 Å². The highest BCUT2D eigenvalue weighted by Gasteiger charge is 2.26. The molecular weight excluding hydrogens is 165 g/mol. The number of halogens is 2. The summed E-state index contributed by atoms with van der Waals surface area (Å²) in [5.74, 6) is 0.174. The van der Waals surface area contributed by atoms with Crippen LogP contribution in [0, 0.1) is 5.82 Å². The Labute approximate surface area is 69.2 Å². The fraction of sp³-hybridized carbons (Fsp3) is 0.375. The smallest absolute Gasteiger partial charge is 0.145 e. The molecule has 1 aliphatic carbocycles. The molecule has 0 aromatic carbocycles. The molecule has 1 saturated carbocycles. The summed E-state index contributed by atoms with van der Waals surface area (Å²) < 4.78 is 12.9. The molecule has 2 rings (SSSR count). The lowest BCUT2D eigenvalue weighted by Crippen LogP contribution is -1.88. The summed E-state index contributed by atoms with van der Waals surface area (Å²) in [6.45, 7) is 0. The van der Waals surface area contributed by atoms with E-state index in [1.165, 1.54) is 6.20 Å². The van der Waals surface area contributed by atoms with Gasteiger partial charge in [-0.2, -0.15) is 0 Å². The van der Waals surface area contributed by atoms with Crippen LogP contribution in [0.4, 0.5) is 4.39 Å². The molecule has 1 aromatic rings. The van der Waals surface area contributed by atoms with E-state index in [1.54, 1.807) is 6.07 Å². The van der Waals surface area contributed by atoms with Gasteiger partial charge in [-0.25, -0.2) is 9.37 Å². The van der Waals surface area contributed by atoms with E-state index in [4.69, 9.17) is 11.6 Å². The molecule has 0 atom stereocenters. The van der Waals surface area contributed by atoms with Gasteiger partial charge >= 0.3 is 0 Å². The quantitative estimate of drug-likeness (QED) is 0.592. The largest absolute Gasteiger partial charge is 0.242 e. The molecule has 0 spiro atoms. The number of hydrogen-bond acceptors (Lipinski definition) is 1. The van der Waals surface area contributed by atoms with Gasteiger partial charge in [0.15, 0.2) is 0 Å². The van der Waals surface area contributed by atoms with Gasteiger partial charge in [-0.05, 0) is 30.4 Å². The van der Waals surface area contributed by atoms with Gasteiger partial charge in [0.05, 0.1) is 6.20 Å². The summed E-state index contributed by atoms with van der Waals surface area (Å²) in [4.78, 5) is 3.64. The Morgan fingerprint density at radius 1 is 1.55 bits per heavy atom. The molecule has 1 aromatic heterocycles. The zero-order valence-corrected chi connectivity index (χ0v) is 6.61. The zero-order valence-electron chi connectivity index (χ0n) is 5.85. The van der Waals surface area contributed by atoms with E-state index in [-0.39, 0.29) is 5.82 Å². The Kier molecular flexibility index (Phi) is 1.57. The van der Waals surface area contributed by atoms with Crippen molar-refractivity contribution in [3.8, 4) is 0 Å². The van der Waals surface area contributed by atoms with Crippen molar-refractivity contribution in [3.63, 3.8) is 0 Å². The maximum Gasteiger partial charge on any atom is 0.145 e. The molecule has 1 heterocycles. The van der Waals surface area contributed by atoms with E-state index < -0.39 is 0 Å². The second-order valence-corrected chi connectivity index (χ2v) is 3.19. The molecule has 1 fully saturated rings. The maximum atomic E-state index is 12.9. The summed E-state index contributed by atoms with van der Waals surface area (Å²) in [5.41, 5.74) is 0.727. The Bertz CT molecular complexity index is 283. The highest BCUT2D eigenvalue weighted by Crippen LogP contribution is 2.41. The van der Waals surface area contributed by atoms with Gasteiger partial charge in [0.25, 0.3) is 0 Å². The molecule has 58 valence electrons. The highest BCUT2D eigenvalue weighted by atomic mass is 35.5. The molecule has 0 saturated heterocycles. The van der Waals surface area contributed by atoms with Gasteiger partial charge in [0.2, 0.25) is 0 Å². The van der Waals surface area contributed by atoms with Crippen molar-refractivity contribution >= 4 is 11.6 Å². The van der Waals surface area contributed by atoms with Gasteiger partial charge in [-0.3, -0.25) is 0 Å². The van der Waals surface area contributed by atoms with Crippen molar-refractivity contribution in [1.82, 2.24) is 4.98 Å². The van der Waals surface area contributed by atoms with Gasteiger partial charge in [0, 0.05) is 0 Å². The third-order valence-corrected chi connectivity index (χ3v) is 2.08. The lowest BCUT2D eigenvalue weighted by Gasteiger charge is -1.98. The fourth-order valence-electron chi connectivity index (χ4n) is 1.13. The summed E-state index contributed by atoms with van der Waals surface area (Å²) in [5, 5.41) is 0.383. The van der Waals surface area contributed by atoms with Crippen LogP contribution in [0.1, 0.15) is 24.3 Å². The van der Waals surface area contributed by atoms with Crippen LogP contribution in [0.2, 0.25) is 5.15 Å². The topological polar surface area (TPSA) is 12.9 Å². The SMILES string of the molecule is Fc1cnc(Cl)cc1C1CC1. The van der Waals surface area contributed by atoms with Crippen LogP contribution >= 0.6 is 11.6 Å². The van der Waals surface area contributed by atoms with Crippen molar-refractivity contribution in [2.45, 2.75) is 18.8 Å². The normalized spacial score (nSPS) is 16.9. The molecule has 0 aliphatic heterocycles. The Hall–Kier alpha value is -0.630. The predicted octanol–water partition coefficient (Wildman–Crippen LogP) is 2.75. The standard InChI is InChI=1S/C8H7ClFN/c9-8-3-6(5-1-2-5)7(10)4-11-8/h3-5H,1-2H2. The van der Waals surface area contributed by atoms with Crippen LogP contribution in [-0.2, 0) is 0 Å². The van der Waals surface area contributed by atoms with Crippen LogP contribution in [-0.4, -0.2) is 4.98 Å². The van der Waals surface area contributed by atoms with E-state index in [1.807, 2.05) is 0 Å². The average molecular weight is 172 g/mol. The van der Waals surface area contributed by atoms with Gasteiger partial charge in [0.1, 0.15) is 11.0 Å². The zero-order chi connectivity index (χ0) is 7.84. The first-order valence-electron chi connectivity index (χ1n) is 3.58. The molecule has 0 bridgehead atoms. The second-order valence-electron chi connectivity index (χ2n) is 2.80. The molecule has 3 heteroatoms. The average Bonchev–Trinajstić information content (AvgIpc) is 2.76. The number of rotatable bonds is 1. The Morgan fingerprint density at radius 3 is 2.91 bits per heavy atom. The number of nitrogens with zero attached hydrogens (tertiary/aromatic N) is 1. The van der Waals surface area contributed by atoms with Crippen molar-refractivity contribution in [3.05, 3.63) is 28.8 Å². The second kappa shape index (κ2) is 2.45. The van der Waals surface area contributed by atoms with E-state index >= 15 is 0 Å². The van der Waals surface area contributed by atoms with E-state index in [0.29, 0.717) is 11.1 Å². The Balaban J connectivity index is 2.42. The first-order valence-corrected chi connectivity index (χ1v) is 3.96. The van der Waals surface area contributed by atoms with Gasteiger partial charge < -0.3 is 0 Å². The fourth-order valence-corrected chi connectivity index (χ4v) is 1.30.